The lowest BCUT2D eigenvalue weighted by atomic mass is 10.2. The lowest BCUT2D eigenvalue weighted by Crippen LogP contribution is -2.09. The maximum absolute atomic E-state index is 5.88. The predicted octanol–water partition coefficient (Wildman–Crippen LogP) is 2.83. The molecule has 0 amide bonds. The van der Waals surface area contributed by atoms with Gasteiger partial charge in [0.05, 0.1) is 6.20 Å². The summed E-state index contributed by atoms with van der Waals surface area (Å²) in [5.74, 6) is 0. The Bertz CT molecular complexity index is 534. The number of thioether (sulfide) groups is 1. The van der Waals surface area contributed by atoms with E-state index in [0.717, 1.165) is 0 Å². The van der Waals surface area contributed by atoms with E-state index in [1.807, 2.05) is 35.9 Å². The van der Waals surface area contributed by atoms with E-state index in [9.17, 15) is 0 Å². The second kappa shape index (κ2) is 5.59. The first-order valence-electron chi connectivity index (χ1n) is 6.02. The molecule has 0 saturated carbocycles. The molecule has 0 bridgehead atoms. The third-order valence-electron chi connectivity index (χ3n) is 2.91. The van der Waals surface area contributed by atoms with Crippen molar-refractivity contribution in [1.29, 1.82) is 0 Å². The van der Waals surface area contributed by atoms with Crippen LogP contribution in [0.25, 0.3) is 0 Å². The van der Waals surface area contributed by atoms with Gasteiger partial charge in [-0.2, -0.15) is 5.10 Å². The Morgan fingerprint density at radius 2 is 2.17 bits per heavy atom. The van der Waals surface area contributed by atoms with Crippen LogP contribution < -0.4 is 5.73 Å². The van der Waals surface area contributed by atoms with Crippen LogP contribution >= 0.6 is 11.8 Å². The van der Waals surface area contributed by atoms with Gasteiger partial charge in [-0.05, 0) is 25.5 Å². The molecule has 1 atom stereocenters. The third-order valence-corrected chi connectivity index (χ3v) is 4.37. The number of aromatic nitrogens is 2. The molecule has 2 N–H and O–H groups in total. The topological polar surface area (TPSA) is 43.8 Å². The van der Waals surface area contributed by atoms with Crippen molar-refractivity contribution in [3.63, 3.8) is 0 Å². The van der Waals surface area contributed by atoms with Crippen molar-refractivity contribution in [3.8, 4) is 0 Å². The average Bonchev–Trinajstić information content (AvgIpc) is 2.75. The average molecular weight is 261 g/mol. The van der Waals surface area contributed by atoms with Gasteiger partial charge in [0.2, 0.25) is 0 Å². The second-order valence-corrected chi connectivity index (χ2v) is 5.80. The quantitative estimate of drug-likeness (QED) is 0.861. The van der Waals surface area contributed by atoms with Crippen LogP contribution in [0.3, 0.4) is 0 Å². The Morgan fingerprint density at radius 3 is 2.72 bits per heavy atom. The van der Waals surface area contributed by atoms with Crippen LogP contribution in [-0.4, -0.2) is 16.3 Å². The van der Waals surface area contributed by atoms with Gasteiger partial charge in [0.15, 0.2) is 0 Å². The fraction of sp³-hybridized carbons (Fsp3) is 0.357. The molecule has 1 aromatic heterocycles. The number of aryl methyl sites for hydroxylation is 3. The maximum atomic E-state index is 5.88. The molecule has 4 heteroatoms. The molecular formula is C14H19N3S. The molecule has 1 heterocycles. The molecule has 0 fully saturated rings. The minimum Gasteiger partial charge on any atom is -0.329 e. The third kappa shape index (κ3) is 2.94. The smallest absolute Gasteiger partial charge is 0.0533 e. The van der Waals surface area contributed by atoms with E-state index in [4.69, 9.17) is 5.73 Å². The second-order valence-electron chi connectivity index (χ2n) is 4.56. The molecule has 2 rings (SSSR count). The number of nitrogens with two attached hydrogens (primary N) is 1. The van der Waals surface area contributed by atoms with E-state index < -0.39 is 0 Å². The molecule has 0 spiro atoms. The van der Waals surface area contributed by atoms with Gasteiger partial charge in [-0.15, -0.1) is 11.8 Å². The van der Waals surface area contributed by atoms with Crippen LogP contribution in [-0.2, 0) is 7.05 Å². The summed E-state index contributed by atoms with van der Waals surface area (Å²) in [5.41, 5.74) is 9.67. The first-order chi connectivity index (χ1) is 8.60. The molecule has 0 saturated heterocycles. The summed E-state index contributed by atoms with van der Waals surface area (Å²) in [5, 5.41) is 4.48. The highest BCUT2D eigenvalue weighted by atomic mass is 32.2. The Kier molecular flexibility index (Phi) is 4.09. The van der Waals surface area contributed by atoms with Crippen molar-refractivity contribution < 1.29 is 0 Å². The van der Waals surface area contributed by atoms with Crippen molar-refractivity contribution in [2.45, 2.75) is 24.0 Å². The highest BCUT2D eigenvalue weighted by molar-refractivity contribution is 7.99. The maximum Gasteiger partial charge on any atom is 0.0533 e. The molecule has 0 aliphatic rings. The summed E-state index contributed by atoms with van der Waals surface area (Å²) in [7, 11) is 1.93. The fourth-order valence-corrected chi connectivity index (χ4v) is 3.00. The molecule has 18 heavy (non-hydrogen) atoms. The molecule has 0 aliphatic heterocycles. The van der Waals surface area contributed by atoms with E-state index in [1.165, 1.54) is 21.6 Å². The van der Waals surface area contributed by atoms with Crippen molar-refractivity contribution >= 4 is 11.8 Å². The SMILES string of the molecule is Cc1ccc(SC(CN)c2cnn(C)c2)c(C)c1. The minimum atomic E-state index is 0.264. The Hall–Kier alpha value is -1.26. The van der Waals surface area contributed by atoms with Gasteiger partial charge in [0, 0.05) is 35.5 Å². The molecule has 0 aliphatic carbocycles. The Balaban J connectivity index is 2.20. The van der Waals surface area contributed by atoms with Crippen molar-refractivity contribution in [1.82, 2.24) is 9.78 Å². The summed E-state index contributed by atoms with van der Waals surface area (Å²) >= 11 is 1.81. The summed E-state index contributed by atoms with van der Waals surface area (Å²) in [6, 6.07) is 6.53. The summed E-state index contributed by atoms with van der Waals surface area (Å²) in [6.07, 6.45) is 3.93. The molecule has 96 valence electrons. The van der Waals surface area contributed by atoms with Gasteiger partial charge in [0.1, 0.15) is 0 Å². The van der Waals surface area contributed by atoms with Gasteiger partial charge in [-0.1, -0.05) is 17.7 Å². The predicted molar refractivity (Wildman–Crippen MR) is 76.8 cm³/mol. The summed E-state index contributed by atoms with van der Waals surface area (Å²) in [4.78, 5) is 1.29. The zero-order chi connectivity index (χ0) is 13.1. The van der Waals surface area contributed by atoms with Gasteiger partial charge < -0.3 is 5.73 Å². The van der Waals surface area contributed by atoms with E-state index in [2.05, 4.69) is 37.1 Å². The molecule has 1 aromatic carbocycles. The van der Waals surface area contributed by atoms with Gasteiger partial charge >= 0.3 is 0 Å². The lowest BCUT2D eigenvalue weighted by molar-refractivity contribution is 0.766. The van der Waals surface area contributed by atoms with Gasteiger partial charge in [-0.25, -0.2) is 0 Å². The minimum absolute atomic E-state index is 0.264. The van der Waals surface area contributed by atoms with Crippen LogP contribution in [0.15, 0.2) is 35.5 Å². The monoisotopic (exact) mass is 261 g/mol. The molecule has 2 aromatic rings. The van der Waals surface area contributed by atoms with Crippen LogP contribution in [0.1, 0.15) is 21.9 Å². The molecule has 1 unspecified atom stereocenters. The van der Waals surface area contributed by atoms with Gasteiger partial charge in [-0.3, -0.25) is 4.68 Å². The summed E-state index contributed by atoms with van der Waals surface area (Å²) in [6.45, 7) is 4.87. The van der Waals surface area contributed by atoms with Gasteiger partial charge in [0.25, 0.3) is 0 Å². The summed E-state index contributed by atoms with van der Waals surface area (Å²) < 4.78 is 1.82. The van der Waals surface area contributed by atoms with Crippen LogP contribution in [0, 0.1) is 13.8 Å². The van der Waals surface area contributed by atoms with Crippen molar-refractivity contribution in [2.75, 3.05) is 6.54 Å². The number of benzene rings is 1. The zero-order valence-electron chi connectivity index (χ0n) is 11.1. The Labute approximate surface area is 112 Å². The van der Waals surface area contributed by atoms with Crippen LogP contribution in [0.2, 0.25) is 0 Å². The van der Waals surface area contributed by atoms with Crippen molar-refractivity contribution in [3.05, 3.63) is 47.3 Å². The van der Waals surface area contributed by atoms with E-state index in [1.54, 1.807) is 0 Å². The first kappa shape index (κ1) is 13.2. The first-order valence-corrected chi connectivity index (χ1v) is 6.90. The molecular weight excluding hydrogens is 242 g/mol. The number of hydrogen-bond acceptors (Lipinski definition) is 3. The van der Waals surface area contributed by atoms with E-state index in [0.29, 0.717) is 6.54 Å². The van der Waals surface area contributed by atoms with Crippen molar-refractivity contribution in [2.24, 2.45) is 12.8 Å². The van der Waals surface area contributed by atoms with Crippen LogP contribution in [0.4, 0.5) is 0 Å². The standard InChI is InChI=1S/C14H19N3S/c1-10-4-5-13(11(2)6-10)18-14(7-15)12-8-16-17(3)9-12/h4-6,8-9,14H,7,15H2,1-3H3. The Morgan fingerprint density at radius 1 is 1.39 bits per heavy atom. The molecule has 3 nitrogen and oxygen atoms in total. The number of rotatable bonds is 4. The number of hydrogen-bond donors (Lipinski definition) is 1. The largest absolute Gasteiger partial charge is 0.329 e. The zero-order valence-corrected chi connectivity index (χ0v) is 11.9. The number of nitrogens with zero attached hydrogens (tertiary/aromatic N) is 2. The highest BCUT2D eigenvalue weighted by Gasteiger charge is 2.14. The fourth-order valence-electron chi connectivity index (χ4n) is 1.94. The lowest BCUT2D eigenvalue weighted by Gasteiger charge is -2.14. The molecule has 0 radical (unpaired) electrons. The van der Waals surface area contributed by atoms with E-state index in [-0.39, 0.29) is 5.25 Å². The van der Waals surface area contributed by atoms with E-state index >= 15 is 0 Å². The van der Waals surface area contributed by atoms with Crippen LogP contribution in [0.5, 0.6) is 0 Å². The highest BCUT2D eigenvalue weighted by Crippen LogP contribution is 2.36. The normalized spacial score (nSPS) is 12.7.